The molecule has 0 fully saturated rings. The summed E-state index contributed by atoms with van der Waals surface area (Å²) in [5.41, 5.74) is 2.65. The largest absolute Gasteiger partial charge is 0.481 e. The van der Waals surface area contributed by atoms with Gasteiger partial charge in [-0.05, 0) is 12.0 Å². The molecular weight excluding hydrogens is 216 g/mol. The van der Waals surface area contributed by atoms with Gasteiger partial charge in [0.05, 0.1) is 5.69 Å². The fraction of sp³-hybridized carbons (Fsp3) is 0.154. The van der Waals surface area contributed by atoms with Crippen LogP contribution in [0.5, 0.6) is 0 Å². The Labute approximate surface area is 99.0 Å². The fourth-order valence-corrected chi connectivity index (χ4v) is 1.64. The number of carboxylic acid groups (broad SMARTS) is 1. The molecule has 0 saturated carbocycles. The molecule has 1 aromatic heterocycles. The molecule has 4 heteroatoms. The number of carbonyl (C=O) groups is 1. The summed E-state index contributed by atoms with van der Waals surface area (Å²) in [7, 11) is 0. The van der Waals surface area contributed by atoms with Crippen LogP contribution >= 0.6 is 0 Å². The van der Waals surface area contributed by atoms with Gasteiger partial charge in [0.25, 0.3) is 0 Å². The first-order chi connectivity index (χ1) is 8.27. The van der Waals surface area contributed by atoms with Crippen molar-refractivity contribution < 1.29 is 9.90 Å². The summed E-state index contributed by atoms with van der Waals surface area (Å²) in [4.78, 5) is 18.7. The first-order valence-corrected chi connectivity index (χ1v) is 5.33. The lowest BCUT2D eigenvalue weighted by Gasteiger charge is -2.06. The van der Waals surface area contributed by atoms with E-state index in [1.807, 2.05) is 30.3 Å². The van der Waals surface area contributed by atoms with Crippen LogP contribution < -0.4 is 0 Å². The molecule has 1 N–H and O–H groups in total. The van der Waals surface area contributed by atoms with Gasteiger partial charge in [0.2, 0.25) is 0 Å². The second kappa shape index (κ2) is 5.21. The zero-order valence-corrected chi connectivity index (χ0v) is 9.21. The number of nitrogens with zero attached hydrogens (tertiary/aromatic N) is 2. The molecule has 0 amide bonds. The van der Waals surface area contributed by atoms with Crippen LogP contribution in [0.1, 0.15) is 12.0 Å². The Balaban J connectivity index is 2.31. The van der Waals surface area contributed by atoms with Gasteiger partial charge in [-0.1, -0.05) is 30.3 Å². The number of rotatable bonds is 4. The van der Waals surface area contributed by atoms with Crippen molar-refractivity contribution in [2.45, 2.75) is 12.8 Å². The van der Waals surface area contributed by atoms with Crippen LogP contribution in [0.4, 0.5) is 0 Å². The van der Waals surface area contributed by atoms with Gasteiger partial charge in [-0.15, -0.1) is 0 Å². The highest BCUT2D eigenvalue weighted by molar-refractivity contribution is 5.68. The highest BCUT2D eigenvalue weighted by Gasteiger charge is 2.08. The third kappa shape index (κ3) is 2.87. The van der Waals surface area contributed by atoms with Crippen molar-refractivity contribution in [1.29, 1.82) is 0 Å². The van der Waals surface area contributed by atoms with E-state index in [4.69, 9.17) is 5.11 Å². The maximum Gasteiger partial charge on any atom is 0.303 e. The Kier molecular flexibility index (Phi) is 3.45. The third-order valence-corrected chi connectivity index (χ3v) is 2.44. The Hall–Kier alpha value is -2.23. The molecule has 0 bridgehead atoms. The van der Waals surface area contributed by atoms with E-state index in [1.165, 1.54) is 6.33 Å². The van der Waals surface area contributed by atoms with Crippen molar-refractivity contribution in [3.05, 3.63) is 48.4 Å². The maximum atomic E-state index is 10.6. The van der Waals surface area contributed by atoms with E-state index in [9.17, 15) is 4.79 Å². The predicted octanol–water partition coefficient (Wildman–Crippen LogP) is 2.16. The summed E-state index contributed by atoms with van der Waals surface area (Å²) in [5.74, 6) is -0.812. The highest BCUT2D eigenvalue weighted by Crippen LogP contribution is 2.20. The number of hydrogen-bond donors (Lipinski definition) is 1. The second-order valence-electron chi connectivity index (χ2n) is 3.66. The second-order valence-corrected chi connectivity index (χ2v) is 3.66. The van der Waals surface area contributed by atoms with Crippen LogP contribution in [0, 0.1) is 0 Å². The minimum atomic E-state index is -0.812. The molecule has 17 heavy (non-hydrogen) atoms. The van der Waals surface area contributed by atoms with Gasteiger partial charge in [-0.25, -0.2) is 9.97 Å². The van der Waals surface area contributed by atoms with E-state index in [-0.39, 0.29) is 6.42 Å². The van der Waals surface area contributed by atoms with Crippen molar-refractivity contribution in [1.82, 2.24) is 9.97 Å². The maximum absolute atomic E-state index is 10.6. The van der Waals surface area contributed by atoms with Gasteiger partial charge in [-0.3, -0.25) is 4.79 Å². The highest BCUT2D eigenvalue weighted by atomic mass is 16.4. The number of hydrogen-bond acceptors (Lipinski definition) is 3. The first kappa shape index (κ1) is 11.3. The van der Waals surface area contributed by atoms with E-state index < -0.39 is 5.97 Å². The number of benzene rings is 1. The van der Waals surface area contributed by atoms with Crippen molar-refractivity contribution in [3.63, 3.8) is 0 Å². The quantitative estimate of drug-likeness (QED) is 0.871. The normalized spacial score (nSPS) is 10.1. The molecule has 0 unspecified atom stereocenters. The molecule has 4 nitrogen and oxygen atoms in total. The molecule has 0 aliphatic heterocycles. The van der Waals surface area contributed by atoms with Crippen molar-refractivity contribution in [2.75, 3.05) is 0 Å². The van der Waals surface area contributed by atoms with Crippen LogP contribution in [0.2, 0.25) is 0 Å². The topological polar surface area (TPSA) is 63.1 Å². The van der Waals surface area contributed by atoms with Crippen LogP contribution in [-0.2, 0) is 11.2 Å². The van der Waals surface area contributed by atoms with Crippen LogP contribution in [0.3, 0.4) is 0 Å². The molecule has 2 rings (SSSR count). The van der Waals surface area contributed by atoms with E-state index in [0.717, 1.165) is 16.8 Å². The number of aromatic nitrogens is 2. The van der Waals surface area contributed by atoms with Crippen LogP contribution in [-0.4, -0.2) is 21.0 Å². The van der Waals surface area contributed by atoms with Crippen molar-refractivity contribution in [3.8, 4) is 11.3 Å². The van der Waals surface area contributed by atoms with Crippen molar-refractivity contribution >= 4 is 5.97 Å². The Morgan fingerprint density at radius 3 is 2.71 bits per heavy atom. The fourth-order valence-electron chi connectivity index (χ4n) is 1.64. The molecule has 0 atom stereocenters. The van der Waals surface area contributed by atoms with E-state index in [0.29, 0.717) is 6.42 Å². The van der Waals surface area contributed by atoms with Crippen molar-refractivity contribution in [2.24, 2.45) is 0 Å². The lowest BCUT2D eigenvalue weighted by atomic mass is 10.0. The number of aliphatic carboxylic acids is 1. The zero-order valence-electron chi connectivity index (χ0n) is 9.21. The number of carboxylic acids is 1. The Bertz CT molecular complexity index is 512. The Morgan fingerprint density at radius 1 is 1.24 bits per heavy atom. The molecular formula is C13H12N2O2. The van der Waals surface area contributed by atoms with Gasteiger partial charge < -0.3 is 5.11 Å². The molecule has 0 spiro atoms. The van der Waals surface area contributed by atoms with E-state index in [1.54, 1.807) is 6.20 Å². The lowest BCUT2D eigenvalue weighted by Crippen LogP contribution is -2.00. The molecule has 2 aromatic rings. The van der Waals surface area contributed by atoms with Gasteiger partial charge in [-0.2, -0.15) is 0 Å². The average molecular weight is 228 g/mol. The summed E-state index contributed by atoms with van der Waals surface area (Å²) in [6.07, 6.45) is 3.69. The van der Waals surface area contributed by atoms with Crippen LogP contribution in [0.25, 0.3) is 11.3 Å². The van der Waals surface area contributed by atoms with Gasteiger partial charge in [0.1, 0.15) is 6.33 Å². The molecule has 0 aliphatic carbocycles. The monoisotopic (exact) mass is 228 g/mol. The SMILES string of the molecule is O=C(O)CCc1cncnc1-c1ccccc1. The zero-order chi connectivity index (χ0) is 12.1. The first-order valence-electron chi connectivity index (χ1n) is 5.33. The van der Waals surface area contributed by atoms with Crippen LogP contribution in [0.15, 0.2) is 42.9 Å². The minimum absolute atomic E-state index is 0.0905. The van der Waals surface area contributed by atoms with Gasteiger partial charge in [0, 0.05) is 18.2 Å². The predicted molar refractivity (Wildman–Crippen MR) is 63.4 cm³/mol. The molecule has 0 aliphatic rings. The standard InChI is InChI=1S/C13H12N2O2/c16-12(17)7-6-11-8-14-9-15-13(11)10-4-2-1-3-5-10/h1-5,8-9H,6-7H2,(H,16,17). The molecule has 0 radical (unpaired) electrons. The number of aryl methyl sites for hydroxylation is 1. The summed E-state index contributed by atoms with van der Waals surface area (Å²) >= 11 is 0. The smallest absolute Gasteiger partial charge is 0.303 e. The van der Waals surface area contributed by atoms with Gasteiger partial charge in [0.15, 0.2) is 0 Å². The Morgan fingerprint density at radius 2 is 2.00 bits per heavy atom. The summed E-state index contributed by atoms with van der Waals surface area (Å²) < 4.78 is 0. The molecule has 86 valence electrons. The third-order valence-electron chi connectivity index (χ3n) is 2.44. The minimum Gasteiger partial charge on any atom is -0.481 e. The summed E-state index contributed by atoms with van der Waals surface area (Å²) in [5, 5.41) is 8.70. The lowest BCUT2D eigenvalue weighted by molar-refractivity contribution is -0.136. The molecule has 0 saturated heterocycles. The summed E-state index contributed by atoms with van der Waals surface area (Å²) in [6, 6.07) is 9.69. The molecule has 1 heterocycles. The van der Waals surface area contributed by atoms with E-state index in [2.05, 4.69) is 9.97 Å². The molecule has 1 aromatic carbocycles. The average Bonchev–Trinajstić information content (AvgIpc) is 2.38. The van der Waals surface area contributed by atoms with E-state index >= 15 is 0 Å². The van der Waals surface area contributed by atoms with Gasteiger partial charge >= 0.3 is 5.97 Å². The summed E-state index contributed by atoms with van der Waals surface area (Å²) in [6.45, 7) is 0.